The first-order valence-corrected chi connectivity index (χ1v) is 13.0. The zero-order chi connectivity index (χ0) is 20.9. The van der Waals surface area contributed by atoms with Gasteiger partial charge in [0.2, 0.25) is 0 Å². The fourth-order valence-corrected chi connectivity index (χ4v) is 6.39. The number of hydrogen-bond acceptors (Lipinski definition) is 1. The van der Waals surface area contributed by atoms with Crippen molar-refractivity contribution in [3.63, 3.8) is 0 Å². The summed E-state index contributed by atoms with van der Waals surface area (Å²) < 4.78 is 0. The third-order valence-corrected chi connectivity index (χ3v) is 7.64. The summed E-state index contributed by atoms with van der Waals surface area (Å²) in [4.78, 5) is 2.62. The van der Waals surface area contributed by atoms with Crippen molar-refractivity contribution in [1.29, 1.82) is 0 Å². The second-order valence-electron chi connectivity index (χ2n) is 12.1. The molecule has 0 aromatic carbocycles. The van der Waals surface area contributed by atoms with Gasteiger partial charge in [0.1, 0.15) is 0 Å². The summed E-state index contributed by atoms with van der Waals surface area (Å²) in [6.45, 7) is 29.8. The SMILES string of the molecule is CN(C1C(C(C)(C)C)=CC(C(C)(C)C)=C(P=[Se])C1C(C)(C)C)C(C)(C)C. The van der Waals surface area contributed by atoms with Gasteiger partial charge in [0.05, 0.1) is 0 Å². The average molecular weight is 443 g/mol. The van der Waals surface area contributed by atoms with Gasteiger partial charge in [-0.1, -0.05) is 0 Å². The Balaban J connectivity index is 3.91. The van der Waals surface area contributed by atoms with E-state index in [1.807, 2.05) is 0 Å². The molecule has 26 heavy (non-hydrogen) atoms. The Bertz CT molecular complexity index is 600. The molecule has 0 N–H and O–H groups in total. The van der Waals surface area contributed by atoms with E-state index < -0.39 is 0 Å². The van der Waals surface area contributed by atoms with Gasteiger partial charge < -0.3 is 0 Å². The van der Waals surface area contributed by atoms with Crippen molar-refractivity contribution in [1.82, 2.24) is 4.90 Å². The van der Waals surface area contributed by atoms with Crippen molar-refractivity contribution in [2.75, 3.05) is 7.05 Å². The van der Waals surface area contributed by atoms with Gasteiger partial charge in [0.25, 0.3) is 0 Å². The first-order chi connectivity index (χ1) is 11.3. The van der Waals surface area contributed by atoms with Gasteiger partial charge in [-0.15, -0.1) is 0 Å². The summed E-state index contributed by atoms with van der Waals surface area (Å²) in [5.41, 5.74) is 3.71. The molecule has 0 aromatic rings. The van der Waals surface area contributed by atoms with E-state index in [4.69, 9.17) is 0 Å². The Morgan fingerprint density at radius 2 is 1.31 bits per heavy atom. The molecule has 1 rings (SSSR count). The van der Waals surface area contributed by atoms with E-state index in [9.17, 15) is 0 Å². The zero-order valence-electron chi connectivity index (χ0n) is 19.5. The van der Waals surface area contributed by atoms with E-state index in [2.05, 4.69) is 116 Å². The maximum absolute atomic E-state index is 3.33. The van der Waals surface area contributed by atoms with Crippen LogP contribution in [0.2, 0.25) is 0 Å². The summed E-state index contributed by atoms with van der Waals surface area (Å²) >= 11 is 3.33. The molecular formula is C23H42NPSe. The van der Waals surface area contributed by atoms with Gasteiger partial charge in [-0.05, 0) is 0 Å². The number of rotatable bonds is 2. The standard InChI is InChI=1S/C23H42NPSe/c1-20(2,3)15-14-16(21(4,5)6)19(25-26)17(22(7,8)9)18(15)24(13)23(10,11)12/h14,17-18H,1-13H3. The minimum absolute atomic E-state index is 0.122. The molecule has 0 saturated heterocycles. The molecule has 0 bridgehead atoms. The molecule has 1 nitrogen and oxygen atoms in total. The number of likely N-dealkylation sites (N-methyl/N-ethyl adjacent to an activating group) is 1. The van der Waals surface area contributed by atoms with Gasteiger partial charge in [-0.25, -0.2) is 0 Å². The van der Waals surface area contributed by atoms with Gasteiger partial charge in [-0.3, -0.25) is 0 Å². The van der Waals surface area contributed by atoms with Crippen LogP contribution in [0.4, 0.5) is 0 Å². The monoisotopic (exact) mass is 443 g/mol. The quantitative estimate of drug-likeness (QED) is 0.327. The predicted octanol–water partition coefficient (Wildman–Crippen LogP) is 7.06. The average Bonchev–Trinajstić information content (AvgIpc) is 2.39. The Labute approximate surface area is 173 Å². The summed E-state index contributed by atoms with van der Waals surface area (Å²) in [5, 5.41) is 1.58. The molecule has 0 fully saturated rings. The summed E-state index contributed by atoms with van der Waals surface area (Å²) in [6, 6.07) is 0.414. The Hall–Kier alpha value is 0.259. The maximum atomic E-state index is 3.33. The first-order valence-electron chi connectivity index (χ1n) is 9.86. The van der Waals surface area contributed by atoms with E-state index >= 15 is 0 Å². The van der Waals surface area contributed by atoms with Crippen LogP contribution in [-0.2, 0) is 0 Å². The first kappa shape index (κ1) is 24.3. The number of hydrogen-bond donors (Lipinski definition) is 0. The van der Waals surface area contributed by atoms with Crippen molar-refractivity contribution >= 4 is 21.9 Å². The van der Waals surface area contributed by atoms with Gasteiger partial charge in [0, 0.05) is 0 Å². The Morgan fingerprint density at radius 3 is 1.58 bits per heavy atom. The van der Waals surface area contributed by atoms with Crippen LogP contribution in [0.1, 0.15) is 83.1 Å². The summed E-state index contributed by atoms with van der Waals surface area (Å²) in [5.74, 6) is 0.489. The van der Waals surface area contributed by atoms with Crippen LogP contribution in [0, 0.1) is 22.2 Å². The molecule has 2 unspecified atom stereocenters. The molecule has 3 heteroatoms. The molecule has 0 saturated carbocycles. The van der Waals surface area contributed by atoms with Crippen molar-refractivity contribution in [3.05, 3.63) is 22.5 Å². The Morgan fingerprint density at radius 1 is 0.846 bits per heavy atom. The van der Waals surface area contributed by atoms with Crippen LogP contribution < -0.4 is 0 Å². The predicted molar refractivity (Wildman–Crippen MR) is 121 cm³/mol. The van der Waals surface area contributed by atoms with Crippen LogP contribution >= 0.6 is 6.83 Å². The van der Waals surface area contributed by atoms with Crippen LogP contribution in [0.25, 0.3) is 0 Å². The molecule has 0 aliphatic heterocycles. The molecule has 0 spiro atoms. The second kappa shape index (κ2) is 7.59. The zero-order valence-corrected chi connectivity index (χ0v) is 22.1. The van der Waals surface area contributed by atoms with Crippen molar-refractivity contribution in [2.45, 2.75) is 94.7 Å². The van der Waals surface area contributed by atoms with Crippen LogP contribution in [-0.4, -0.2) is 38.6 Å². The summed E-state index contributed by atoms with van der Waals surface area (Å²) in [6.07, 6.45) is 2.55. The fraction of sp³-hybridized carbons (Fsp3) is 0.826. The van der Waals surface area contributed by atoms with E-state index in [1.54, 1.807) is 10.9 Å². The molecule has 150 valence electrons. The number of nitrogens with zero attached hydrogens (tertiary/aromatic N) is 1. The van der Waals surface area contributed by atoms with Crippen LogP contribution in [0.15, 0.2) is 22.5 Å². The molecule has 2 atom stereocenters. The van der Waals surface area contributed by atoms with E-state index in [0.717, 1.165) is 0 Å². The third-order valence-electron chi connectivity index (χ3n) is 5.69. The molecule has 1 aliphatic carbocycles. The second-order valence-corrected chi connectivity index (χ2v) is 13.9. The van der Waals surface area contributed by atoms with Gasteiger partial charge in [-0.2, -0.15) is 0 Å². The fourth-order valence-electron chi connectivity index (χ4n) is 3.91. The summed E-state index contributed by atoms with van der Waals surface area (Å²) in [7, 11) is 2.32. The molecular weight excluding hydrogens is 400 g/mol. The van der Waals surface area contributed by atoms with Gasteiger partial charge >= 0.3 is 173 Å². The topological polar surface area (TPSA) is 3.24 Å². The van der Waals surface area contributed by atoms with E-state index in [-0.39, 0.29) is 21.8 Å². The van der Waals surface area contributed by atoms with Crippen LogP contribution in [0.5, 0.6) is 0 Å². The van der Waals surface area contributed by atoms with Crippen LogP contribution in [0.3, 0.4) is 0 Å². The van der Waals surface area contributed by atoms with E-state index in [1.165, 1.54) is 12.4 Å². The molecule has 0 amide bonds. The van der Waals surface area contributed by atoms with E-state index in [0.29, 0.717) is 12.0 Å². The Kier molecular flexibility index (Phi) is 7.09. The third kappa shape index (κ3) is 5.20. The normalized spacial score (nSPS) is 23.7. The van der Waals surface area contributed by atoms with Crippen molar-refractivity contribution in [2.24, 2.45) is 22.2 Å². The van der Waals surface area contributed by atoms with Crippen molar-refractivity contribution in [3.8, 4) is 0 Å². The number of allylic oxidation sites excluding steroid dienone is 2. The van der Waals surface area contributed by atoms with Crippen molar-refractivity contribution < 1.29 is 0 Å². The molecule has 0 heterocycles. The molecule has 0 aromatic heterocycles. The molecule has 0 radical (unpaired) electrons. The van der Waals surface area contributed by atoms with Gasteiger partial charge in [0.15, 0.2) is 0 Å². The minimum atomic E-state index is 0.122. The molecule has 1 aliphatic rings.